The maximum atomic E-state index is 12.0. The van der Waals surface area contributed by atoms with Crippen molar-refractivity contribution in [2.24, 2.45) is 5.41 Å². The van der Waals surface area contributed by atoms with Crippen LogP contribution in [0.5, 0.6) is 0 Å². The van der Waals surface area contributed by atoms with Crippen molar-refractivity contribution in [1.29, 1.82) is 0 Å². The summed E-state index contributed by atoms with van der Waals surface area (Å²) in [5.41, 5.74) is -0.292. The Kier molecular flexibility index (Phi) is 4.29. The van der Waals surface area contributed by atoms with Crippen molar-refractivity contribution in [2.75, 3.05) is 26.2 Å². The molecule has 1 rings (SSSR count). The van der Waals surface area contributed by atoms with Crippen LogP contribution < -0.4 is 0 Å². The third-order valence-electron chi connectivity index (χ3n) is 2.72. The van der Waals surface area contributed by atoms with Gasteiger partial charge in [0.25, 0.3) is 0 Å². The minimum Gasteiger partial charge on any atom is -0.368 e. The van der Waals surface area contributed by atoms with E-state index in [1.54, 1.807) is 0 Å². The molecule has 88 valence electrons. The van der Waals surface area contributed by atoms with Crippen molar-refractivity contribution < 1.29 is 9.53 Å². The lowest BCUT2D eigenvalue weighted by Gasteiger charge is -2.34. The molecule has 1 fully saturated rings. The van der Waals surface area contributed by atoms with Crippen LogP contribution in [0.4, 0.5) is 0 Å². The Morgan fingerprint density at radius 3 is 2.67 bits per heavy atom. The minimum atomic E-state index is -0.292. The molecule has 0 aromatic carbocycles. The van der Waals surface area contributed by atoms with Gasteiger partial charge in [-0.1, -0.05) is 27.7 Å². The van der Waals surface area contributed by atoms with Crippen molar-refractivity contribution in [3.63, 3.8) is 0 Å². The first-order valence-corrected chi connectivity index (χ1v) is 5.83. The molecular weight excluding hydrogens is 190 g/mol. The van der Waals surface area contributed by atoms with Crippen LogP contribution in [0.15, 0.2) is 0 Å². The van der Waals surface area contributed by atoms with Crippen LogP contribution in [0.1, 0.15) is 34.1 Å². The second-order valence-corrected chi connectivity index (χ2v) is 5.27. The predicted molar refractivity (Wildman–Crippen MR) is 60.9 cm³/mol. The quantitative estimate of drug-likeness (QED) is 0.715. The average molecular weight is 213 g/mol. The summed E-state index contributed by atoms with van der Waals surface area (Å²) in [6, 6.07) is 0. The van der Waals surface area contributed by atoms with Crippen molar-refractivity contribution in [3.05, 3.63) is 0 Å². The van der Waals surface area contributed by atoms with Crippen molar-refractivity contribution in [3.8, 4) is 0 Å². The van der Waals surface area contributed by atoms with E-state index >= 15 is 0 Å². The third-order valence-corrected chi connectivity index (χ3v) is 2.72. The van der Waals surface area contributed by atoms with Crippen LogP contribution in [0, 0.1) is 5.41 Å². The highest BCUT2D eigenvalue weighted by molar-refractivity contribution is 5.88. The van der Waals surface area contributed by atoms with Gasteiger partial charge in [-0.3, -0.25) is 9.69 Å². The molecule has 0 aromatic heterocycles. The molecule has 1 aliphatic rings. The fourth-order valence-corrected chi connectivity index (χ4v) is 1.86. The van der Waals surface area contributed by atoms with E-state index in [-0.39, 0.29) is 17.3 Å². The summed E-state index contributed by atoms with van der Waals surface area (Å²) in [7, 11) is 0. The number of rotatable bonds is 3. The number of carbonyl (C=O) groups is 1. The molecule has 0 aromatic rings. The summed E-state index contributed by atoms with van der Waals surface area (Å²) < 4.78 is 5.55. The number of ketones is 1. The van der Waals surface area contributed by atoms with E-state index in [2.05, 4.69) is 11.8 Å². The van der Waals surface area contributed by atoms with E-state index in [0.29, 0.717) is 6.61 Å². The van der Waals surface area contributed by atoms with E-state index in [1.807, 2.05) is 20.8 Å². The minimum absolute atomic E-state index is 0.217. The number of Topliss-reactive ketones (excluding diaryl/α,β-unsaturated/α-hetero) is 1. The normalized spacial score (nSPS) is 24.1. The van der Waals surface area contributed by atoms with Gasteiger partial charge in [0.1, 0.15) is 6.10 Å². The Morgan fingerprint density at radius 1 is 1.47 bits per heavy atom. The molecule has 1 atom stereocenters. The number of hydrogen-bond donors (Lipinski definition) is 0. The molecule has 1 saturated heterocycles. The van der Waals surface area contributed by atoms with Gasteiger partial charge in [0.2, 0.25) is 0 Å². The Labute approximate surface area is 92.8 Å². The molecular formula is C12H23NO2. The highest BCUT2D eigenvalue weighted by Gasteiger charge is 2.33. The van der Waals surface area contributed by atoms with Crippen molar-refractivity contribution in [2.45, 2.75) is 40.2 Å². The van der Waals surface area contributed by atoms with Gasteiger partial charge in [-0.05, 0) is 13.0 Å². The van der Waals surface area contributed by atoms with E-state index < -0.39 is 0 Å². The summed E-state index contributed by atoms with van der Waals surface area (Å²) in [5.74, 6) is 0.225. The SMILES string of the molecule is CCCN1CCOC(C(=O)C(C)(C)C)C1. The van der Waals surface area contributed by atoms with Crippen LogP contribution in [-0.4, -0.2) is 43.0 Å². The van der Waals surface area contributed by atoms with Crippen molar-refractivity contribution in [1.82, 2.24) is 4.90 Å². The van der Waals surface area contributed by atoms with Gasteiger partial charge >= 0.3 is 0 Å². The number of ether oxygens (including phenoxy) is 1. The Bertz CT molecular complexity index is 218. The van der Waals surface area contributed by atoms with E-state index in [9.17, 15) is 4.79 Å². The summed E-state index contributed by atoms with van der Waals surface area (Å²) in [5, 5.41) is 0. The van der Waals surface area contributed by atoms with Crippen LogP contribution in [-0.2, 0) is 9.53 Å². The first-order chi connectivity index (χ1) is 6.95. The standard InChI is InChI=1S/C12H23NO2/c1-5-6-13-7-8-15-10(9-13)11(14)12(2,3)4/h10H,5-9H2,1-4H3. The maximum Gasteiger partial charge on any atom is 0.168 e. The van der Waals surface area contributed by atoms with E-state index in [0.717, 1.165) is 26.1 Å². The summed E-state index contributed by atoms with van der Waals surface area (Å²) in [4.78, 5) is 14.3. The topological polar surface area (TPSA) is 29.5 Å². The molecule has 0 spiro atoms. The maximum absolute atomic E-state index is 12.0. The zero-order chi connectivity index (χ0) is 11.5. The molecule has 1 unspecified atom stereocenters. The van der Waals surface area contributed by atoms with E-state index in [4.69, 9.17) is 4.74 Å². The molecule has 0 radical (unpaired) electrons. The summed E-state index contributed by atoms with van der Waals surface area (Å²) in [6.07, 6.45) is 0.918. The van der Waals surface area contributed by atoms with Gasteiger partial charge < -0.3 is 4.74 Å². The van der Waals surface area contributed by atoms with Gasteiger partial charge in [-0.15, -0.1) is 0 Å². The molecule has 0 amide bonds. The first-order valence-electron chi connectivity index (χ1n) is 5.83. The molecule has 15 heavy (non-hydrogen) atoms. The highest BCUT2D eigenvalue weighted by atomic mass is 16.5. The average Bonchev–Trinajstić information content (AvgIpc) is 2.16. The number of hydrogen-bond acceptors (Lipinski definition) is 3. The molecule has 3 heteroatoms. The fourth-order valence-electron chi connectivity index (χ4n) is 1.86. The lowest BCUT2D eigenvalue weighted by molar-refractivity contribution is -0.144. The van der Waals surface area contributed by atoms with Gasteiger partial charge in [0.15, 0.2) is 5.78 Å². The van der Waals surface area contributed by atoms with Gasteiger partial charge in [-0.25, -0.2) is 0 Å². The monoisotopic (exact) mass is 213 g/mol. The zero-order valence-corrected chi connectivity index (χ0v) is 10.4. The first kappa shape index (κ1) is 12.7. The molecule has 1 aliphatic heterocycles. The van der Waals surface area contributed by atoms with Gasteiger partial charge in [0, 0.05) is 18.5 Å². The Morgan fingerprint density at radius 2 is 2.13 bits per heavy atom. The largest absolute Gasteiger partial charge is 0.368 e. The lowest BCUT2D eigenvalue weighted by atomic mass is 9.87. The lowest BCUT2D eigenvalue weighted by Crippen LogP contribution is -2.49. The molecule has 3 nitrogen and oxygen atoms in total. The molecule has 0 saturated carbocycles. The van der Waals surface area contributed by atoms with E-state index in [1.165, 1.54) is 0 Å². The van der Waals surface area contributed by atoms with Crippen LogP contribution >= 0.6 is 0 Å². The summed E-state index contributed by atoms with van der Waals surface area (Å²) in [6.45, 7) is 11.5. The molecule has 1 heterocycles. The van der Waals surface area contributed by atoms with Crippen LogP contribution in [0.25, 0.3) is 0 Å². The second-order valence-electron chi connectivity index (χ2n) is 5.27. The van der Waals surface area contributed by atoms with Gasteiger partial charge in [0.05, 0.1) is 6.61 Å². The second kappa shape index (κ2) is 5.08. The Hall–Kier alpha value is -0.410. The van der Waals surface area contributed by atoms with Gasteiger partial charge in [-0.2, -0.15) is 0 Å². The molecule has 0 N–H and O–H groups in total. The molecule has 0 bridgehead atoms. The molecule has 0 aliphatic carbocycles. The Balaban J connectivity index is 2.52. The number of morpholine rings is 1. The highest BCUT2D eigenvalue weighted by Crippen LogP contribution is 2.20. The smallest absolute Gasteiger partial charge is 0.168 e. The number of carbonyl (C=O) groups excluding carboxylic acids is 1. The fraction of sp³-hybridized carbons (Fsp3) is 0.917. The third kappa shape index (κ3) is 3.58. The van der Waals surface area contributed by atoms with Crippen LogP contribution in [0.3, 0.4) is 0 Å². The van der Waals surface area contributed by atoms with Crippen molar-refractivity contribution >= 4 is 5.78 Å². The summed E-state index contributed by atoms with van der Waals surface area (Å²) >= 11 is 0. The van der Waals surface area contributed by atoms with Crippen LogP contribution in [0.2, 0.25) is 0 Å². The number of nitrogens with zero attached hydrogens (tertiary/aromatic N) is 1. The zero-order valence-electron chi connectivity index (χ0n) is 10.4. The predicted octanol–water partition coefficient (Wildman–Crippen LogP) is 1.71.